The lowest BCUT2D eigenvalue weighted by Crippen LogP contribution is -2.13. The zero-order valence-corrected chi connectivity index (χ0v) is 10.2. The molecule has 17 heavy (non-hydrogen) atoms. The summed E-state index contributed by atoms with van der Waals surface area (Å²) in [6.07, 6.45) is 0.144. The molecular formula is C10H9ClFN3OS. The fourth-order valence-electron chi connectivity index (χ4n) is 1.60. The molecule has 0 saturated carbocycles. The van der Waals surface area contributed by atoms with Crippen LogP contribution >= 0.6 is 23.8 Å². The average molecular weight is 274 g/mol. The van der Waals surface area contributed by atoms with E-state index >= 15 is 0 Å². The van der Waals surface area contributed by atoms with Gasteiger partial charge in [0, 0.05) is 19.0 Å². The molecule has 4 nitrogen and oxygen atoms in total. The molecule has 0 aliphatic heterocycles. The summed E-state index contributed by atoms with van der Waals surface area (Å²) in [5.41, 5.74) is 6.26. The van der Waals surface area contributed by atoms with Crippen LogP contribution in [-0.2, 0) is 11.3 Å². The van der Waals surface area contributed by atoms with Gasteiger partial charge in [-0.3, -0.25) is 4.79 Å². The zero-order valence-electron chi connectivity index (χ0n) is 8.67. The van der Waals surface area contributed by atoms with Crippen LogP contribution in [0.2, 0.25) is 5.02 Å². The molecule has 1 aromatic carbocycles. The van der Waals surface area contributed by atoms with Crippen molar-refractivity contribution in [2.75, 3.05) is 0 Å². The predicted octanol–water partition coefficient (Wildman–Crippen LogP) is 2.37. The second-order valence-electron chi connectivity index (χ2n) is 3.58. The van der Waals surface area contributed by atoms with Gasteiger partial charge in [0.2, 0.25) is 5.91 Å². The number of fused-ring (bicyclic) bond motifs is 1. The quantitative estimate of drug-likeness (QED) is 0.843. The third-order valence-electron chi connectivity index (χ3n) is 2.40. The number of aromatic amines is 1. The molecule has 2 aromatic rings. The third-order valence-corrected chi connectivity index (χ3v) is 3.01. The normalized spacial score (nSPS) is 10.9. The number of nitrogens with two attached hydrogens (primary N) is 1. The summed E-state index contributed by atoms with van der Waals surface area (Å²) in [7, 11) is 0. The Bertz CT molecular complexity index is 649. The van der Waals surface area contributed by atoms with Crippen LogP contribution in [0.1, 0.15) is 6.42 Å². The van der Waals surface area contributed by atoms with Gasteiger partial charge < -0.3 is 15.3 Å². The van der Waals surface area contributed by atoms with Crippen LogP contribution in [0.5, 0.6) is 0 Å². The van der Waals surface area contributed by atoms with E-state index in [-0.39, 0.29) is 11.4 Å². The molecule has 0 fully saturated rings. The maximum absolute atomic E-state index is 13.4. The molecule has 0 radical (unpaired) electrons. The van der Waals surface area contributed by atoms with Crippen molar-refractivity contribution in [3.63, 3.8) is 0 Å². The van der Waals surface area contributed by atoms with Crippen molar-refractivity contribution in [1.82, 2.24) is 9.55 Å². The minimum atomic E-state index is -0.527. The van der Waals surface area contributed by atoms with E-state index in [1.54, 1.807) is 4.57 Å². The molecule has 3 N–H and O–H groups in total. The SMILES string of the molecule is NC(=O)CCn1c(=S)[nH]c2cc(Cl)c(F)cc21. The molecule has 0 aliphatic carbocycles. The first-order valence-electron chi connectivity index (χ1n) is 4.85. The number of carbonyl (C=O) groups excluding carboxylic acids is 1. The van der Waals surface area contributed by atoms with Crippen LogP contribution in [0.4, 0.5) is 4.39 Å². The first-order valence-corrected chi connectivity index (χ1v) is 5.63. The van der Waals surface area contributed by atoms with E-state index in [0.29, 0.717) is 22.3 Å². The van der Waals surface area contributed by atoms with E-state index in [1.165, 1.54) is 12.1 Å². The summed E-state index contributed by atoms with van der Waals surface area (Å²) >= 11 is 10.7. The lowest BCUT2D eigenvalue weighted by atomic mass is 10.3. The van der Waals surface area contributed by atoms with Gasteiger partial charge >= 0.3 is 0 Å². The zero-order chi connectivity index (χ0) is 12.6. The highest BCUT2D eigenvalue weighted by atomic mass is 35.5. The monoisotopic (exact) mass is 273 g/mol. The fraction of sp³-hybridized carbons (Fsp3) is 0.200. The topological polar surface area (TPSA) is 63.8 Å². The Kier molecular flexibility index (Phi) is 3.17. The van der Waals surface area contributed by atoms with Crippen molar-refractivity contribution in [2.24, 2.45) is 5.73 Å². The molecule has 0 spiro atoms. The second-order valence-corrected chi connectivity index (χ2v) is 4.38. The number of aromatic nitrogens is 2. The van der Waals surface area contributed by atoms with Gasteiger partial charge in [0.05, 0.1) is 16.1 Å². The summed E-state index contributed by atoms with van der Waals surface area (Å²) in [5.74, 6) is -0.961. The van der Waals surface area contributed by atoms with Gasteiger partial charge in [-0.15, -0.1) is 0 Å². The highest BCUT2D eigenvalue weighted by Gasteiger charge is 2.09. The molecule has 7 heteroatoms. The molecule has 0 bridgehead atoms. The smallest absolute Gasteiger partial charge is 0.219 e. The van der Waals surface area contributed by atoms with Crippen molar-refractivity contribution < 1.29 is 9.18 Å². The molecule has 1 aromatic heterocycles. The summed E-state index contributed by atoms with van der Waals surface area (Å²) < 4.78 is 15.4. The predicted molar refractivity (Wildman–Crippen MR) is 65.9 cm³/mol. The summed E-state index contributed by atoms with van der Waals surface area (Å²) in [4.78, 5) is 13.6. The minimum absolute atomic E-state index is 0.0239. The number of halogens is 2. The Balaban J connectivity index is 2.54. The number of amides is 1. The van der Waals surface area contributed by atoms with E-state index in [4.69, 9.17) is 29.6 Å². The molecule has 0 unspecified atom stereocenters. The number of aryl methyl sites for hydroxylation is 1. The maximum atomic E-state index is 13.4. The van der Waals surface area contributed by atoms with Gasteiger partial charge in [-0.2, -0.15) is 0 Å². The standard InChI is InChI=1S/C10H9ClFN3OS/c11-5-3-7-8(4-6(5)12)15(10(17)14-7)2-1-9(13)16/h3-4H,1-2H2,(H2,13,16)(H,14,17). The van der Waals surface area contributed by atoms with Crippen LogP contribution in [0.3, 0.4) is 0 Å². The van der Waals surface area contributed by atoms with Crippen molar-refractivity contribution in [3.8, 4) is 0 Å². The maximum Gasteiger partial charge on any atom is 0.219 e. The van der Waals surface area contributed by atoms with E-state index in [9.17, 15) is 9.18 Å². The van der Waals surface area contributed by atoms with Gasteiger partial charge in [-0.25, -0.2) is 4.39 Å². The molecule has 1 heterocycles. The van der Waals surface area contributed by atoms with Gasteiger partial charge in [0.25, 0.3) is 0 Å². The Morgan fingerprint density at radius 1 is 1.59 bits per heavy atom. The van der Waals surface area contributed by atoms with Crippen LogP contribution in [-0.4, -0.2) is 15.5 Å². The number of benzene rings is 1. The number of H-pyrrole nitrogens is 1. The summed E-state index contributed by atoms with van der Waals surface area (Å²) in [5, 5.41) is 0.0239. The number of nitrogens with zero attached hydrogens (tertiary/aromatic N) is 1. The van der Waals surface area contributed by atoms with E-state index in [1.807, 2.05) is 0 Å². The van der Waals surface area contributed by atoms with Crippen molar-refractivity contribution in [2.45, 2.75) is 13.0 Å². The molecule has 0 atom stereocenters. The van der Waals surface area contributed by atoms with E-state index in [2.05, 4.69) is 4.98 Å². The molecule has 0 aliphatic rings. The first kappa shape index (κ1) is 12.1. The van der Waals surface area contributed by atoms with Crippen LogP contribution < -0.4 is 5.73 Å². The van der Waals surface area contributed by atoms with Crippen LogP contribution in [0.25, 0.3) is 11.0 Å². The largest absolute Gasteiger partial charge is 0.370 e. The van der Waals surface area contributed by atoms with Crippen molar-refractivity contribution in [3.05, 3.63) is 27.7 Å². The number of carbonyl (C=O) groups is 1. The van der Waals surface area contributed by atoms with Gasteiger partial charge in [-0.1, -0.05) is 11.6 Å². The molecule has 0 saturated heterocycles. The summed E-state index contributed by atoms with van der Waals surface area (Å²) in [6, 6.07) is 2.74. The van der Waals surface area contributed by atoms with E-state index < -0.39 is 11.7 Å². The van der Waals surface area contributed by atoms with E-state index in [0.717, 1.165) is 0 Å². The van der Waals surface area contributed by atoms with Crippen molar-refractivity contribution in [1.29, 1.82) is 0 Å². The molecule has 90 valence electrons. The number of imidazole rings is 1. The number of hydrogen-bond donors (Lipinski definition) is 2. The lowest BCUT2D eigenvalue weighted by Gasteiger charge is -2.02. The highest BCUT2D eigenvalue weighted by Crippen LogP contribution is 2.22. The third kappa shape index (κ3) is 2.32. The Labute approximate surface area is 106 Å². The number of nitrogens with one attached hydrogen (secondary N) is 1. The molecule has 1 amide bonds. The number of hydrogen-bond acceptors (Lipinski definition) is 2. The summed E-state index contributed by atoms with van der Waals surface area (Å²) in [6.45, 7) is 0.315. The van der Waals surface area contributed by atoms with Crippen LogP contribution in [0, 0.1) is 10.6 Å². The Hall–Kier alpha value is -1.40. The van der Waals surface area contributed by atoms with Crippen LogP contribution in [0.15, 0.2) is 12.1 Å². The van der Waals surface area contributed by atoms with Gasteiger partial charge in [0.15, 0.2) is 4.77 Å². The van der Waals surface area contributed by atoms with Crippen molar-refractivity contribution >= 4 is 40.8 Å². The molecule has 2 rings (SSSR count). The first-order chi connectivity index (χ1) is 7.99. The lowest BCUT2D eigenvalue weighted by molar-refractivity contribution is -0.118. The highest BCUT2D eigenvalue weighted by molar-refractivity contribution is 7.71. The second kappa shape index (κ2) is 4.46. The van der Waals surface area contributed by atoms with Gasteiger partial charge in [0.1, 0.15) is 5.82 Å². The minimum Gasteiger partial charge on any atom is -0.370 e. The fourth-order valence-corrected chi connectivity index (χ4v) is 2.06. The van der Waals surface area contributed by atoms with Gasteiger partial charge in [-0.05, 0) is 18.3 Å². The molecular weight excluding hydrogens is 265 g/mol. The Morgan fingerprint density at radius 3 is 2.94 bits per heavy atom. The average Bonchev–Trinajstić information content (AvgIpc) is 2.52. The number of rotatable bonds is 3. The number of primary amides is 1. The Morgan fingerprint density at radius 2 is 2.29 bits per heavy atom.